The number of hydrogen-bond acceptors (Lipinski definition) is 1. The van der Waals surface area contributed by atoms with Gasteiger partial charge in [0.15, 0.2) is 0 Å². The third kappa shape index (κ3) is 6.36. The van der Waals surface area contributed by atoms with E-state index in [1.165, 1.54) is 19.4 Å². The van der Waals surface area contributed by atoms with Crippen molar-refractivity contribution in [3.63, 3.8) is 0 Å². The summed E-state index contributed by atoms with van der Waals surface area (Å²) in [5, 5.41) is 0. The maximum Gasteiger partial charge on any atom is 0.00643 e. The second-order valence-corrected chi connectivity index (χ2v) is 2.47. The zero-order valence-electron chi connectivity index (χ0n) is 9.15. The summed E-state index contributed by atoms with van der Waals surface area (Å²) in [6, 6.07) is 0.847. The molecule has 1 rings (SSSR count). The summed E-state index contributed by atoms with van der Waals surface area (Å²) in [6.07, 6.45) is 2.80. The van der Waals surface area contributed by atoms with Crippen molar-refractivity contribution in [3.05, 3.63) is 0 Å². The minimum Gasteiger partial charge on any atom is -0.304 e. The molecule has 0 aromatic carbocycles. The molecule has 1 heterocycles. The van der Waals surface area contributed by atoms with Gasteiger partial charge in [-0.2, -0.15) is 0 Å². The molecule has 0 radical (unpaired) electrons. The van der Waals surface area contributed by atoms with Crippen molar-refractivity contribution in [2.75, 3.05) is 13.6 Å². The number of rotatable bonds is 0. The molecule has 1 aliphatic heterocycles. The average Bonchev–Trinajstić information content (AvgIpc) is 2.44. The van der Waals surface area contributed by atoms with Crippen LogP contribution in [0, 0.1) is 0 Å². The first-order chi connectivity index (χ1) is 5.30. The van der Waals surface area contributed by atoms with Crippen molar-refractivity contribution in [1.82, 2.24) is 4.90 Å². The molecule has 0 aliphatic carbocycles. The summed E-state index contributed by atoms with van der Waals surface area (Å²) in [4.78, 5) is 2.40. The Morgan fingerprint density at radius 2 is 1.55 bits per heavy atom. The highest BCUT2D eigenvalue weighted by molar-refractivity contribution is 4.70. The standard InChI is InChI=1S/C6H13N.2C2H6/c1-6-4-3-5-7(6)2;2*1-2/h6H,3-5H2,1-2H3;2*1-2H3. The molecule has 0 aromatic heterocycles. The van der Waals surface area contributed by atoms with Crippen LogP contribution in [0.4, 0.5) is 0 Å². The van der Waals surface area contributed by atoms with Gasteiger partial charge >= 0.3 is 0 Å². The van der Waals surface area contributed by atoms with Crippen molar-refractivity contribution in [1.29, 1.82) is 0 Å². The Labute approximate surface area is 72.8 Å². The first-order valence-electron chi connectivity index (χ1n) is 5.01. The van der Waals surface area contributed by atoms with Crippen LogP contribution in [0.15, 0.2) is 0 Å². The largest absolute Gasteiger partial charge is 0.304 e. The van der Waals surface area contributed by atoms with Crippen LogP contribution in [0.2, 0.25) is 0 Å². The average molecular weight is 159 g/mol. The van der Waals surface area contributed by atoms with Crippen molar-refractivity contribution < 1.29 is 0 Å². The van der Waals surface area contributed by atoms with Gasteiger partial charge in [0.25, 0.3) is 0 Å². The molecule has 1 saturated heterocycles. The van der Waals surface area contributed by atoms with Gasteiger partial charge in [-0.3, -0.25) is 0 Å². The van der Waals surface area contributed by atoms with E-state index in [9.17, 15) is 0 Å². The highest BCUT2D eigenvalue weighted by atomic mass is 15.1. The van der Waals surface area contributed by atoms with Gasteiger partial charge in [-0.15, -0.1) is 0 Å². The van der Waals surface area contributed by atoms with E-state index < -0.39 is 0 Å². The van der Waals surface area contributed by atoms with Crippen LogP contribution in [-0.4, -0.2) is 24.5 Å². The molecule has 1 aliphatic rings. The van der Waals surface area contributed by atoms with Crippen LogP contribution < -0.4 is 0 Å². The van der Waals surface area contributed by atoms with Gasteiger partial charge in [-0.1, -0.05) is 27.7 Å². The van der Waals surface area contributed by atoms with E-state index in [0.717, 1.165) is 6.04 Å². The fraction of sp³-hybridized carbons (Fsp3) is 1.00. The zero-order valence-corrected chi connectivity index (χ0v) is 9.15. The Morgan fingerprint density at radius 3 is 1.64 bits per heavy atom. The predicted molar refractivity (Wildman–Crippen MR) is 54.0 cm³/mol. The van der Waals surface area contributed by atoms with Crippen molar-refractivity contribution in [2.45, 2.75) is 53.5 Å². The summed E-state index contributed by atoms with van der Waals surface area (Å²) in [5.41, 5.74) is 0. The van der Waals surface area contributed by atoms with E-state index in [1.807, 2.05) is 27.7 Å². The normalized spacial score (nSPS) is 22.9. The lowest BCUT2D eigenvalue weighted by molar-refractivity contribution is 0.331. The third-order valence-electron chi connectivity index (χ3n) is 1.89. The second kappa shape index (κ2) is 9.96. The molecule has 70 valence electrons. The van der Waals surface area contributed by atoms with Crippen LogP contribution in [0.3, 0.4) is 0 Å². The van der Waals surface area contributed by atoms with Gasteiger partial charge in [0.05, 0.1) is 0 Å². The van der Waals surface area contributed by atoms with Crippen LogP contribution in [0.1, 0.15) is 47.5 Å². The fourth-order valence-electron chi connectivity index (χ4n) is 1.08. The lowest BCUT2D eigenvalue weighted by Gasteiger charge is -2.12. The molecule has 11 heavy (non-hydrogen) atoms. The maximum absolute atomic E-state index is 2.40. The molecule has 1 fully saturated rings. The van der Waals surface area contributed by atoms with Crippen molar-refractivity contribution in [3.8, 4) is 0 Å². The Hall–Kier alpha value is -0.0400. The van der Waals surface area contributed by atoms with Gasteiger partial charge in [0, 0.05) is 6.04 Å². The summed E-state index contributed by atoms with van der Waals surface area (Å²) >= 11 is 0. The van der Waals surface area contributed by atoms with E-state index in [2.05, 4.69) is 18.9 Å². The van der Waals surface area contributed by atoms with Gasteiger partial charge < -0.3 is 4.90 Å². The highest BCUT2D eigenvalue weighted by Crippen LogP contribution is 2.12. The SMILES string of the molecule is CC.CC.CC1CCCN1C. The minimum atomic E-state index is 0.847. The minimum absolute atomic E-state index is 0.847. The smallest absolute Gasteiger partial charge is 0.00643 e. The second-order valence-electron chi connectivity index (χ2n) is 2.47. The van der Waals surface area contributed by atoms with Crippen LogP contribution in [-0.2, 0) is 0 Å². The van der Waals surface area contributed by atoms with Crippen LogP contribution >= 0.6 is 0 Å². The van der Waals surface area contributed by atoms with Crippen LogP contribution in [0.25, 0.3) is 0 Å². The molecule has 0 bridgehead atoms. The monoisotopic (exact) mass is 159 g/mol. The van der Waals surface area contributed by atoms with E-state index >= 15 is 0 Å². The molecule has 0 N–H and O–H groups in total. The molecule has 0 amide bonds. The van der Waals surface area contributed by atoms with E-state index in [0.29, 0.717) is 0 Å². The van der Waals surface area contributed by atoms with Crippen molar-refractivity contribution in [2.24, 2.45) is 0 Å². The lowest BCUT2D eigenvalue weighted by Crippen LogP contribution is -2.20. The van der Waals surface area contributed by atoms with Crippen LogP contribution in [0.5, 0.6) is 0 Å². The quantitative estimate of drug-likeness (QED) is 0.525. The van der Waals surface area contributed by atoms with E-state index in [-0.39, 0.29) is 0 Å². The molecule has 0 spiro atoms. The van der Waals surface area contributed by atoms with Gasteiger partial charge in [-0.25, -0.2) is 0 Å². The summed E-state index contributed by atoms with van der Waals surface area (Å²) in [6.45, 7) is 11.6. The molecule has 0 aromatic rings. The number of likely N-dealkylation sites (tertiary alicyclic amines) is 1. The fourth-order valence-corrected chi connectivity index (χ4v) is 1.08. The molecule has 1 nitrogen and oxygen atoms in total. The third-order valence-corrected chi connectivity index (χ3v) is 1.89. The van der Waals surface area contributed by atoms with Gasteiger partial charge in [-0.05, 0) is 33.4 Å². The van der Waals surface area contributed by atoms with Gasteiger partial charge in [0.1, 0.15) is 0 Å². The molecule has 1 atom stereocenters. The predicted octanol–water partition coefficient (Wildman–Crippen LogP) is 3.15. The Morgan fingerprint density at radius 1 is 1.09 bits per heavy atom. The first kappa shape index (κ1) is 13.5. The van der Waals surface area contributed by atoms with Crippen molar-refractivity contribution >= 4 is 0 Å². The highest BCUT2D eigenvalue weighted by Gasteiger charge is 2.14. The summed E-state index contributed by atoms with van der Waals surface area (Å²) in [5.74, 6) is 0. The van der Waals surface area contributed by atoms with E-state index in [1.54, 1.807) is 0 Å². The van der Waals surface area contributed by atoms with E-state index in [4.69, 9.17) is 0 Å². The summed E-state index contributed by atoms with van der Waals surface area (Å²) < 4.78 is 0. The molecule has 1 unspecified atom stereocenters. The Bertz CT molecular complexity index is 53.9. The number of nitrogens with zero attached hydrogens (tertiary/aromatic N) is 1. The molecular formula is C10H25N. The van der Waals surface area contributed by atoms with Gasteiger partial charge in [0.2, 0.25) is 0 Å². The summed E-state index contributed by atoms with van der Waals surface area (Å²) in [7, 11) is 2.19. The molecule has 1 heteroatoms. The lowest BCUT2D eigenvalue weighted by atomic mass is 10.3. The number of hydrogen-bond donors (Lipinski definition) is 0. The molecular weight excluding hydrogens is 134 g/mol. The zero-order chi connectivity index (χ0) is 9.28. The Kier molecular flexibility index (Phi) is 12.3. The topological polar surface area (TPSA) is 3.24 Å². The Balaban J connectivity index is 0. The maximum atomic E-state index is 2.40. The first-order valence-corrected chi connectivity index (χ1v) is 5.01. The molecule has 0 saturated carbocycles.